The van der Waals surface area contributed by atoms with E-state index in [1.165, 1.54) is 13.8 Å². The molecule has 1 atom stereocenters. The molecule has 0 aliphatic carbocycles. The van der Waals surface area contributed by atoms with E-state index < -0.39 is 11.4 Å². The number of Topliss-reactive ketones (excluding diaryl/α,β-unsaturated/α-hetero) is 1. The highest BCUT2D eigenvalue weighted by atomic mass is 16.4. The average molecular weight is 292 g/mol. The molecular formula is C19H16O3. The molecule has 0 aromatic heterocycles. The molecule has 0 spiro atoms. The lowest BCUT2D eigenvalue weighted by atomic mass is 9.79. The standard InChI is InChI=1S/C19H16O3/c1-14(20)16-10-6-7-11-17(16)19(2,18(21)22)13-12-15-8-4-3-5-9-15/h3-11H,1-2H3,(H,21,22). The van der Waals surface area contributed by atoms with Crippen LogP contribution < -0.4 is 0 Å². The predicted octanol–water partition coefficient (Wildman–Crippen LogP) is 3.28. The largest absolute Gasteiger partial charge is 0.480 e. The van der Waals surface area contributed by atoms with E-state index in [0.717, 1.165) is 5.56 Å². The van der Waals surface area contributed by atoms with Gasteiger partial charge in [0.05, 0.1) is 0 Å². The van der Waals surface area contributed by atoms with Crippen molar-refractivity contribution in [2.75, 3.05) is 0 Å². The number of ketones is 1. The lowest BCUT2D eigenvalue weighted by Gasteiger charge is -2.21. The van der Waals surface area contributed by atoms with E-state index in [9.17, 15) is 14.7 Å². The first-order valence-corrected chi connectivity index (χ1v) is 6.87. The van der Waals surface area contributed by atoms with Gasteiger partial charge in [-0.3, -0.25) is 9.59 Å². The summed E-state index contributed by atoms with van der Waals surface area (Å²) in [7, 11) is 0. The van der Waals surface area contributed by atoms with Crippen LogP contribution in [0.4, 0.5) is 0 Å². The van der Waals surface area contributed by atoms with Crippen molar-refractivity contribution in [2.24, 2.45) is 0 Å². The van der Waals surface area contributed by atoms with Crippen molar-refractivity contribution in [3.05, 3.63) is 71.3 Å². The van der Waals surface area contributed by atoms with Crippen LogP contribution in [0, 0.1) is 11.8 Å². The minimum Gasteiger partial charge on any atom is -0.480 e. The third-order valence-electron chi connectivity index (χ3n) is 3.50. The van der Waals surface area contributed by atoms with Gasteiger partial charge in [0.25, 0.3) is 0 Å². The van der Waals surface area contributed by atoms with Crippen LogP contribution in [-0.2, 0) is 10.2 Å². The van der Waals surface area contributed by atoms with Crippen LogP contribution >= 0.6 is 0 Å². The number of aliphatic carboxylic acids is 1. The minimum absolute atomic E-state index is 0.176. The zero-order chi connectivity index (χ0) is 16.2. The summed E-state index contributed by atoms with van der Waals surface area (Å²) in [5.41, 5.74) is 0.0847. The first kappa shape index (κ1) is 15.5. The van der Waals surface area contributed by atoms with Crippen LogP contribution in [-0.4, -0.2) is 16.9 Å². The lowest BCUT2D eigenvalue weighted by molar-refractivity contribution is -0.140. The van der Waals surface area contributed by atoms with Gasteiger partial charge >= 0.3 is 5.97 Å². The number of carbonyl (C=O) groups excluding carboxylic acids is 1. The summed E-state index contributed by atoms with van der Waals surface area (Å²) >= 11 is 0. The smallest absolute Gasteiger partial charge is 0.326 e. The zero-order valence-corrected chi connectivity index (χ0v) is 12.5. The van der Waals surface area contributed by atoms with Gasteiger partial charge in [0.2, 0.25) is 0 Å². The first-order valence-electron chi connectivity index (χ1n) is 6.87. The number of hydrogen-bond acceptors (Lipinski definition) is 2. The number of carbonyl (C=O) groups is 2. The number of carboxylic acid groups (broad SMARTS) is 1. The summed E-state index contributed by atoms with van der Waals surface area (Å²) in [6.07, 6.45) is 0. The normalized spacial score (nSPS) is 12.6. The summed E-state index contributed by atoms with van der Waals surface area (Å²) in [5, 5.41) is 9.66. The topological polar surface area (TPSA) is 54.4 Å². The maximum Gasteiger partial charge on any atom is 0.326 e. The predicted molar refractivity (Wildman–Crippen MR) is 84.8 cm³/mol. The van der Waals surface area contributed by atoms with Gasteiger partial charge in [0.15, 0.2) is 11.2 Å². The second-order valence-corrected chi connectivity index (χ2v) is 5.15. The minimum atomic E-state index is -1.45. The van der Waals surface area contributed by atoms with Crippen LogP contribution in [0.1, 0.15) is 35.3 Å². The van der Waals surface area contributed by atoms with Gasteiger partial charge < -0.3 is 5.11 Å². The van der Waals surface area contributed by atoms with Crippen molar-refractivity contribution in [3.63, 3.8) is 0 Å². The fraction of sp³-hybridized carbons (Fsp3) is 0.158. The van der Waals surface area contributed by atoms with Crippen LogP contribution in [0.15, 0.2) is 54.6 Å². The molecule has 22 heavy (non-hydrogen) atoms. The Morgan fingerprint density at radius 1 is 1.00 bits per heavy atom. The van der Waals surface area contributed by atoms with Crippen molar-refractivity contribution >= 4 is 11.8 Å². The highest BCUT2D eigenvalue weighted by Gasteiger charge is 2.36. The van der Waals surface area contributed by atoms with E-state index in [1.54, 1.807) is 24.3 Å². The van der Waals surface area contributed by atoms with Gasteiger partial charge in [-0.05, 0) is 31.5 Å². The summed E-state index contributed by atoms with van der Waals surface area (Å²) in [6.45, 7) is 2.94. The highest BCUT2D eigenvalue weighted by molar-refractivity contribution is 5.99. The Balaban J connectivity index is 2.58. The van der Waals surface area contributed by atoms with Gasteiger partial charge in [-0.2, -0.15) is 0 Å². The van der Waals surface area contributed by atoms with Crippen LogP contribution in [0.2, 0.25) is 0 Å². The molecule has 0 radical (unpaired) electrons. The van der Waals surface area contributed by atoms with Crippen molar-refractivity contribution in [1.82, 2.24) is 0 Å². The van der Waals surface area contributed by atoms with Gasteiger partial charge in [0, 0.05) is 11.1 Å². The van der Waals surface area contributed by atoms with E-state index in [2.05, 4.69) is 11.8 Å². The Morgan fingerprint density at radius 2 is 1.59 bits per heavy atom. The molecule has 0 amide bonds. The Hall–Kier alpha value is -2.86. The number of hydrogen-bond donors (Lipinski definition) is 1. The van der Waals surface area contributed by atoms with Gasteiger partial charge in [0.1, 0.15) is 0 Å². The molecule has 0 heterocycles. The summed E-state index contributed by atoms with van der Waals surface area (Å²) < 4.78 is 0. The molecule has 110 valence electrons. The van der Waals surface area contributed by atoms with Crippen molar-refractivity contribution in [2.45, 2.75) is 19.3 Å². The summed E-state index contributed by atoms with van der Waals surface area (Å²) in [6, 6.07) is 15.9. The molecule has 1 N–H and O–H groups in total. The SMILES string of the molecule is CC(=O)c1ccccc1C(C)(C#Cc1ccccc1)C(=O)O. The zero-order valence-electron chi connectivity index (χ0n) is 12.5. The molecule has 0 aliphatic rings. The quantitative estimate of drug-likeness (QED) is 0.697. The lowest BCUT2D eigenvalue weighted by Crippen LogP contribution is -2.32. The van der Waals surface area contributed by atoms with Crippen molar-refractivity contribution < 1.29 is 14.7 Å². The fourth-order valence-electron chi connectivity index (χ4n) is 2.18. The van der Waals surface area contributed by atoms with E-state index in [4.69, 9.17) is 0 Å². The monoisotopic (exact) mass is 292 g/mol. The average Bonchev–Trinajstić information content (AvgIpc) is 2.53. The van der Waals surface area contributed by atoms with Gasteiger partial charge in [-0.1, -0.05) is 54.3 Å². The Bertz CT molecular complexity index is 766. The molecule has 3 nitrogen and oxygen atoms in total. The molecule has 0 saturated carbocycles. The Morgan fingerprint density at radius 3 is 2.18 bits per heavy atom. The molecular weight excluding hydrogens is 276 g/mol. The van der Waals surface area contributed by atoms with Gasteiger partial charge in [-0.15, -0.1) is 0 Å². The molecule has 0 aliphatic heterocycles. The third kappa shape index (κ3) is 3.07. The fourth-order valence-corrected chi connectivity index (χ4v) is 2.18. The van der Waals surface area contributed by atoms with Gasteiger partial charge in [-0.25, -0.2) is 0 Å². The van der Waals surface area contributed by atoms with Crippen molar-refractivity contribution in [1.29, 1.82) is 0 Å². The van der Waals surface area contributed by atoms with Crippen LogP contribution in [0.25, 0.3) is 0 Å². The Labute approximate surface area is 129 Å². The molecule has 1 unspecified atom stereocenters. The Kier molecular flexibility index (Phi) is 4.43. The van der Waals surface area contributed by atoms with E-state index in [0.29, 0.717) is 11.1 Å². The molecule has 2 aromatic rings. The molecule has 0 saturated heterocycles. The van der Waals surface area contributed by atoms with Crippen LogP contribution in [0.3, 0.4) is 0 Å². The summed E-state index contributed by atoms with van der Waals surface area (Å²) in [5.74, 6) is 4.46. The first-order chi connectivity index (χ1) is 10.4. The second-order valence-electron chi connectivity index (χ2n) is 5.15. The molecule has 2 aromatic carbocycles. The molecule has 3 heteroatoms. The van der Waals surface area contributed by atoms with E-state index in [-0.39, 0.29) is 5.78 Å². The molecule has 0 bridgehead atoms. The third-order valence-corrected chi connectivity index (χ3v) is 3.50. The van der Waals surface area contributed by atoms with Crippen molar-refractivity contribution in [3.8, 4) is 11.8 Å². The van der Waals surface area contributed by atoms with E-state index >= 15 is 0 Å². The summed E-state index contributed by atoms with van der Waals surface area (Å²) in [4.78, 5) is 23.6. The number of benzene rings is 2. The molecule has 0 fully saturated rings. The highest BCUT2D eigenvalue weighted by Crippen LogP contribution is 2.27. The maximum atomic E-state index is 11.8. The second kappa shape index (κ2) is 6.28. The maximum absolute atomic E-state index is 11.8. The van der Waals surface area contributed by atoms with Crippen LogP contribution in [0.5, 0.6) is 0 Å². The number of carboxylic acids is 1. The number of rotatable bonds is 3. The molecule has 2 rings (SSSR count). The van der Waals surface area contributed by atoms with E-state index in [1.807, 2.05) is 30.3 Å².